The van der Waals surface area contributed by atoms with E-state index in [-0.39, 0.29) is 22.8 Å². The summed E-state index contributed by atoms with van der Waals surface area (Å²) < 4.78 is 5.02. The van der Waals surface area contributed by atoms with Crippen LogP contribution in [-0.2, 0) is 9.53 Å². The Morgan fingerprint density at radius 2 is 1.86 bits per heavy atom. The molecule has 9 nitrogen and oxygen atoms in total. The number of benzene rings is 2. The van der Waals surface area contributed by atoms with Crippen molar-refractivity contribution in [3.8, 4) is 0 Å². The molecule has 2 N–H and O–H groups in total. The minimum Gasteiger partial charge on any atom is -0.452 e. The van der Waals surface area contributed by atoms with Gasteiger partial charge < -0.3 is 20.3 Å². The van der Waals surface area contributed by atoms with Gasteiger partial charge in [0.15, 0.2) is 6.61 Å². The molecule has 0 bridgehead atoms. The second kappa shape index (κ2) is 8.78. The number of hydrogen-bond acceptors (Lipinski definition) is 7. The number of halogens is 1. The van der Waals surface area contributed by atoms with E-state index in [4.69, 9.17) is 22.1 Å². The molecule has 3 rings (SSSR count). The number of ether oxygens (including phenoxy) is 1. The lowest BCUT2D eigenvalue weighted by Gasteiger charge is -2.36. The highest BCUT2D eigenvalue weighted by Gasteiger charge is 2.23. The number of nitrogens with zero attached hydrogens (tertiary/aromatic N) is 3. The van der Waals surface area contributed by atoms with Gasteiger partial charge in [-0.05, 0) is 30.3 Å². The van der Waals surface area contributed by atoms with Crippen molar-refractivity contribution >= 4 is 40.5 Å². The second-order valence-electron chi connectivity index (χ2n) is 6.45. The molecule has 1 fully saturated rings. The summed E-state index contributed by atoms with van der Waals surface area (Å²) >= 11 is 6.02. The van der Waals surface area contributed by atoms with Crippen LogP contribution in [0.2, 0.25) is 5.02 Å². The maximum Gasteiger partial charge on any atom is 0.338 e. The molecule has 0 radical (unpaired) electrons. The third kappa shape index (κ3) is 4.94. The molecule has 2 aromatic rings. The van der Waals surface area contributed by atoms with Gasteiger partial charge in [0.1, 0.15) is 5.69 Å². The van der Waals surface area contributed by atoms with E-state index in [1.165, 1.54) is 12.1 Å². The number of nitrogen functional groups attached to an aromatic ring is 1. The Labute approximate surface area is 171 Å². The van der Waals surface area contributed by atoms with Gasteiger partial charge in [0, 0.05) is 43.0 Å². The van der Waals surface area contributed by atoms with E-state index in [9.17, 15) is 19.7 Å². The molecule has 0 saturated carbocycles. The molecule has 0 aliphatic carbocycles. The van der Waals surface area contributed by atoms with E-state index >= 15 is 0 Å². The first-order chi connectivity index (χ1) is 13.8. The number of piperazine rings is 1. The fraction of sp³-hybridized carbons (Fsp3) is 0.263. The van der Waals surface area contributed by atoms with E-state index in [1.807, 2.05) is 18.2 Å². The number of hydrogen-bond donors (Lipinski definition) is 1. The lowest BCUT2D eigenvalue weighted by molar-refractivity contribution is -0.383. The van der Waals surface area contributed by atoms with E-state index in [1.54, 1.807) is 11.0 Å². The molecule has 152 valence electrons. The van der Waals surface area contributed by atoms with Crippen LogP contribution >= 0.6 is 11.6 Å². The Kier molecular flexibility index (Phi) is 6.18. The fourth-order valence-corrected chi connectivity index (χ4v) is 3.20. The van der Waals surface area contributed by atoms with Crippen LogP contribution in [0.15, 0.2) is 42.5 Å². The van der Waals surface area contributed by atoms with Crippen molar-refractivity contribution in [2.75, 3.05) is 43.4 Å². The molecule has 29 heavy (non-hydrogen) atoms. The van der Waals surface area contributed by atoms with Crippen LogP contribution in [0.25, 0.3) is 0 Å². The highest BCUT2D eigenvalue weighted by molar-refractivity contribution is 6.30. The number of nitro benzene ring substituents is 1. The average molecular weight is 419 g/mol. The van der Waals surface area contributed by atoms with Gasteiger partial charge >= 0.3 is 5.97 Å². The van der Waals surface area contributed by atoms with Crippen molar-refractivity contribution in [3.05, 3.63) is 63.2 Å². The zero-order valence-corrected chi connectivity index (χ0v) is 16.2. The van der Waals surface area contributed by atoms with Gasteiger partial charge in [-0.25, -0.2) is 4.79 Å². The van der Waals surface area contributed by atoms with Gasteiger partial charge in [0.25, 0.3) is 11.6 Å². The second-order valence-corrected chi connectivity index (χ2v) is 6.89. The van der Waals surface area contributed by atoms with Crippen LogP contribution in [0, 0.1) is 10.1 Å². The molecule has 1 amide bonds. The molecule has 1 aliphatic heterocycles. The Morgan fingerprint density at radius 3 is 2.52 bits per heavy atom. The number of rotatable bonds is 5. The predicted molar refractivity (Wildman–Crippen MR) is 108 cm³/mol. The van der Waals surface area contributed by atoms with E-state index in [0.29, 0.717) is 31.2 Å². The Hall–Kier alpha value is -3.33. The van der Waals surface area contributed by atoms with Crippen molar-refractivity contribution in [3.63, 3.8) is 0 Å². The van der Waals surface area contributed by atoms with Crippen molar-refractivity contribution in [1.82, 2.24) is 4.90 Å². The monoisotopic (exact) mass is 418 g/mol. The molecule has 0 aromatic heterocycles. The standard InChI is InChI=1S/C19H19ClN4O5/c20-14-2-1-3-15(11-14)22-6-8-23(9-7-22)18(25)12-29-19(26)13-4-5-16(21)17(10-13)24(27)28/h1-5,10-11H,6-9,12,21H2. The zero-order chi connectivity index (χ0) is 21.0. The summed E-state index contributed by atoms with van der Waals surface area (Å²) in [6.45, 7) is 1.79. The largest absolute Gasteiger partial charge is 0.452 e. The number of carbonyl (C=O) groups is 2. The van der Waals surface area contributed by atoms with Crippen LogP contribution in [0.4, 0.5) is 17.1 Å². The third-order valence-electron chi connectivity index (χ3n) is 4.60. The van der Waals surface area contributed by atoms with Crippen molar-refractivity contribution in [2.24, 2.45) is 0 Å². The maximum absolute atomic E-state index is 12.3. The summed E-state index contributed by atoms with van der Waals surface area (Å²) in [5.41, 5.74) is 6.01. The number of anilines is 2. The summed E-state index contributed by atoms with van der Waals surface area (Å²) in [5, 5.41) is 11.6. The summed E-state index contributed by atoms with van der Waals surface area (Å²) in [7, 11) is 0. The quantitative estimate of drug-likeness (QED) is 0.342. The topological polar surface area (TPSA) is 119 Å². The number of esters is 1. The minimum absolute atomic E-state index is 0.0375. The lowest BCUT2D eigenvalue weighted by Crippen LogP contribution is -2.49. The van der Waals surface area contributed by atoms with Crippen molar-refractivity contribution in [2.45, 2.75) is 0 Å². The molecule has 0 unspecified atom stereocenters. The highest BCUT2D eigenvalue weighted by Crippen LogP contribution is 2.23. The van der Waals surface area contributed by atoms with Gasteiger partial charge in [-0.3, -0.25) is 14.9 Å². The summed E-state index contributed by atoms with van der Waals surface area (Å²) in [6.07, 6.45) is 0. The summed E-state index contributed by atoms with van der Waals surface area (Å²) in [4.78, 5) is 38.4. The minimum atomic E-state index is -0.820. The molecule has 1 aliphatic rings. The fourth-order valence-electron chi connectivity index (χ4n) is 3.02. The molecule has 2 aromatic carbocycles. The number of nitrogens with two attached hydrogens (primary N) is 1. The zero-order valence-electron chi connectivity index (χ0n) is 15.4. The Morgan fingerprint density at radius 1 is 1.14 bits per heavy atom. The van der Waals surface area contributed by atoms with Crippen molar-refractivity contribution < 1.29 is 19.2 Å². The number of carbonyl (C=O) groups excluding carboxylic acids is 2. The lowest BCUT2D eigenvalue weighted by atomic mass is 10.2. The molecule has 0 spiro atoms. The normalized spacial score (nSPS) is 13.8. The smallest absolute Gasteiger partial charge is 0.338 e. The Balaban J connectivity index is 1.52. The van der Waals surface area contributed by atoms with Gasteiger partial charge in [-0.2, -0.15) is 0 Å². The van der Waals surface area contributed by atoms with E-state index in [2.05, 4.69) is 4.90 Å². The maximum atomic E-state index is 12.3. The van der Waals surface area contributed by atoms with Crippen LogP contribution in [-0.4, -0.2) is 54.5 Å². The average Bonchev–Trinajstić information content (AvgIpc) is 2.72. The number of amides is 1. The molecular weight excluding hydrogens is 400 g/mol. The molecule has 1 saturated heterocycles. The van der Waals surface area contributed by atoms with Crippen LogP contribution in [0.1, 0.15) is 10.4 Å². The van der Waals surface area contributed by atoms with E-state index < -0.39 is 17.5 Å². The number of nitro groups is 1. The SMILES string of the molecule is Nc1ccc(C(=O)OCC(=O)N2CCN(c3cccc(Cl)c3)CC2)cc1[N+](=O)[O-]. The molecule has 0 atom stereocenters. The van der Waals surface area contributed by atoms with Gasteiger partial charge in [-0.15, -0.1) is 0 Å². The highest BCUT2D eigenvalue weighted by atomic mass is 35.5. The Bertz CT molecular complexity index is 944. The first-order valence-electron chi connectivity index (χ1n) is 8.84. The van der Waals surface area contributed by atoms with Crippen molar-refractivity contribution in [1.29, 1.82) is 0 Å². The molecule has 1 heterocycles. The molecular formula is C19H19ClN4O5. The van der Waals surface area contributed by atoms with Crippen LogP contribution in [0.5, 0.6) is 0 Å². The van der Waals surface area contributed by atoms with Crippen LogP contribution in [0.3, 0.4) is 0 Å². The first-order valence-corrected chi connectivity index (χ1v) is 9.22. The summed E-state index contributed by atoms with van der Waals surface area (Å²) in [6, 6.07) is 11.1. The third-order valence-corrected chi connectivity index (χ3v) is 4.83. The van der Waals surface area contributed by atoms with Gasteiger partial charge in [-0.1, -0.05) is 17.7 Å². The summed E-state index contributed by atoms with van der Waals surface area (Å²) in [5.74, 6) is -1.15. The van der Waals surface area contributed by atoms with Gasteiger partial charge in [0.05, 0.1) is 10.5 Å². The molecule has 10 heteroatoms. The van der Waals surface area contributed by atoms with E-state index in [0.717, 1.165) is 11.8 Å². The van der Waals surface area contributed by atoms with Gasteiger partial charge in [0.2, 0.25) is 0 Å². The first kappa shape index (κ1) is 20.4. The van der Waals surface area contributed by atoms with Crippen LogP contribution < -0.4 is 10.6 Å². The predicted octanol–water partition coefficient (Wildman–Crippen LogP) is 2.34.